The second-order valence-corrected chi connectivity index (χ2v) is 8.90. The smallest absolute Gasteiger partial charge is 0.338 e. The maximum absolute atomic E-state index is 12.3. The van der Waals surface area contributed by atoms with Gasteiger partial charge in [0.25, 0.3) is 5.91 Å². The molecular weight excluding hydrogens is 390 g/mol. The Balaban J connectivity index is 1.56. The minimum Gasteiger partial charge on any atom is -0.449 e. The summed E-state index contributed by atoms with van der Waals surface area (Å²) in [6, 6.07) is 14.1. The Morgan fingerprint density at radius 2 is 1.69 bits per heavy atom. The van der Waals surface area contributed by atoms with Crippen molar-refractivity contribution >= 4 is 52.7 Å². The lowest BCUT2D eigenvalue weighted by Gasteiger charge is -2.14. The van der Waals surface area contributed by atoms with Gasteiger partial charge >= 0.3 is 5.97 Å². The third kappa shape index (κ3) is 4.96. The van der Waals surface area contributed by atoms with Crippen LogP contribution >= 0.6 is 35.1 Å². The summed E-state index contributed by atoms with van der Waals surface area (Å²) in [5.74, 6) is 1.40. The summed E-state index contributed by atoms with van der Waals surface area (Å²) in [7, 11) is 0. The second-order valence-electron chi connectivity index (χ2n) is 5.74. The van der Waals surface area contributed by atoms with Gasteiger partial charge in [0.05, 0.1) is 10.1 Å². The number of halogens is 1. The van der Waals surface area contributed by atoms with Gasteiger partial charge in [-0.05, 0) is 48.9 Å². The molecule has 4 nitrogen and oxygen atoms in total. The summed E-state index contributed by atoms with van der Waals surface area (Å²) in [6.45, 7) is 1.54. The molecule has 0 radical (unpaired) electrons. The first kappa shape index (κ1) is 19.1. The Morgan fingerprint density at radius 3 is 2.31 bits per heavy atom. The summed E-state index contributed by atoms with van der Waals surface area (Å²) in [6.07, 6.45) is -0.904. The average Bonchev–Trinajstić information content (AvgIpc) is 3.18. The van der Waals surface area contributed by atoms with Gasteiger partial charge in [0.2, 0.25) is 0 Å². The zero-order valence-electron chi connectivity index (χ0n) is 14.1. The molecule has 0 bridgehead atoms. The molecule has 7 heteroatoms. The quantitative estimate of drug-likeness (QED) is 0.706. The Morgan fingerprint density at radius 1 is 1.08 bits per heavy atom. The SMILES string of the molecule is C[C@H](OC(=O)c1ccc(C2SCCS2)cc1)C(=O)Nc1ccc(Cl)cc1. The molecule has 1 amide bonds. The van der Waals surface area contributed by atoms with Gasteiger partial charge in [0, 0.05) is 22.2 Å². The van der Waals surface area contributed by atoms with E-state index in [1.807, 2.05) is 35.7 Å². The predicted molar refractivity (Wildman–Crippen MR) is 109 cm³/mol. The van der Waals surface area contributed by atoms with E-state index >= 15 is 0 Å². The minimum absolute atomic E-state index is 0.393. The van der Waals surface area contributed by atoms with Crippen molar-refractivity contribution in [1.82, 2.24) is 0 Å². The molecule has 1 fully saturated rings. The molecule has 0 aliphatic carbocycles. The van der Waals surface area contributed by atoms with E-state index in [0.717, 1.165) is 11.5 Å². The van der Waals surface area contributed by atoms with Crippen LogP contribution in [-0.2, 0) is 9.53 Å². The maximum atomic E-state index is 12.3. The van der Waals surface area contributed by atoms with Crippen LogP contribution in [0.15, 0.2) is 48.5 Å². The highest BCUT2D eigenvalue weighted by atomic mass is 35.5. The first-order valence-electron chi connectivity index (χ1n) is 8.13. The topological polar surface area (TPSA) is 55.4 Å². The molecule has 2 aromatic carbocycles. The number of thioether (sulfide) groups is 2. The summed E-state index contributed by atoms with van der Waals surface area (Å²) in [4.78, 5) is 24.4. The standard InChI is InChI=1S/C19H18ClNO3S2/c1-12(17(22)21-16-8-6-15(20)7-9-16)24-18(23)13-2-4-14(5-3-13)19-25-10-11-26-19/h2-9,12,19H,10-11H2,1H3,(H,21,22)/t12-/m0/s1. The number of benzene rings is 2. The van der Waals surface area contributed by atoms with Crippen molar-refractivity contribution < 1.29 is 14.3 Å². The molecule has 1 N–H and O–H groups in total. The van der Waals surface area contributed by atoms with E-state index in [9.17, 15) is 9.59 Å². The monoisotopic (exact) mass is 407 g/mol. The third-order valence-electron chi connectivity index (χ3n) is 3.81. The van der Waals surface area contributed by atoms with Crippen molar-refractivity contribution in [3.63, 3.8) is 0 Å². The lowest BCUT2D eigenvalue weighted by molar-refractivity contribution is -0.123. The van der Waals surface area contributed by atoms with Crippen LogP contribution in [0.5, 0.6) is 0 Å². The molecule has 1 heterocycles. The Labute approximate surface area is 166 Å². The van der Waals surface area contributed by atoms with Gasteiger partial charge in [-0.3, -0.25) is 4.79 Å². The molecule has 0 saturated carbocycles. The van der Waals surface area contributed by atoms with E-state index in [4.69, 9.17) is 16.3 Å². The summed E-state index contributed by atoms with van der Waals surface area (Å²) >= 11 is 9.64. The number of rotatable bonds is 5. The van der Waals surface area contributed by atoms with Crippen LogP contribution in [0, 0.1) is 0 Å². The van der Waals surface area contributed by atoms with Gasteiger partial charge in [0.1, 0.15) is 0 Å². The normalized spacial score (nSPS) is 15.5. The highest BCUT2D eigenvalue weighted by Crippen LogP contribution is 2.45. The largest absolute Gasteiger partial charge is 0.449 e. The fourth-order valence-electron chi connectivity index (χ4n) is 2.39. The van der Waals surface area contributed by atoms with Crippen molar-refractivity contribution in [2.45, 2.75) is 17.6 Å². The summed E-state index contributed by atoms with van der Waals surface area (Å²) < 4.78 is 5.71. The molecule has 1 atom stereocenters. The fraction of sp³-hybridized carbons (Fsp3) is 0.263. The van der Waals surface area contributed by atoms with E-state index in [1.165, 1.54) is 5.56 Å². The Kier molecular flexibility index (Phi) is 6.51. The number of amides is 1. The number of carbonyl (C=O) groups excluding carboxylic acids is 2. The first-order valence-corrected chi connectivity index (χ1v) is 10.6. The van der Waals surface area contributed by atoms with Crippen molar-refractivity contribution in [1.29, 1.82) is 0 Å². The number of ether oxygens (including phenoxy) is 1. The Bertz CT molecular complexity index is 774. The number of hydrogen-bond donors (Lipinski definition) is 1. The zero-order valence-corrected chi connectivity index (χ0v) is 16.5. The molecule has 3 rings (SSSR count). The van der Waals surface area contributed by atoms with Crippen LogP contribution < -0.4 is 5.32 Å². The van der Waals surface area contributed by atoms with Gasteiger partial charge < -0.3 is 10.1 Å². The van der Waals surface area contributed by atoms with Gasteiger partial charge in [-0.25, -0.2) is 4.79 Å². The lowest BCUT2D eigenvalue weighted by atomic mass is 10.1. The lowest BCUT2D eigenvalue weighted by Crippen LogP contribution is -2.30. The molecule has 0 aromatic heterocycles. The maximum Gasteiger partial charge on any atom is 0.338 e. The van der Waals surface area contributed by atoms with Crippen LogP contribution in [0.3, 0.4) is 0 Å². The average molecular weight is 408 g/mol. The van der Waals surface area contributed by atoms with E-state index < -0.39 is 18.0 Å². The molecule has 0 unspecified atom stereocenters. The molecule has 1 aliphatic heterocycles. The fourth-order valence-corrected chi connectivity index (χ4v) is 5.37. The van der Waals surface area contributed by atoms with Crippen LogP contribution in [-0.4, -0.2) is 29.5 Å². The summed E-state index contributed by atoms with van der Waals surface area (Å²) in [5.41, 5.74) is 2.23. The number of nitrogens with one attached hydrogen (secondary N) is 1. The molecule has 2 aromatic rings. The number of esters is 1. The van der Waals surface area contributed by atoms with Gasteiger partial charge in [0.15, 0.2) is 6.10 Å². The molecule has 1 aliphatic rings. The van der Waals surface area contributed by atoms with Crippen molar-refractivity contribution in [2.24, 2.45) is 0 Å². The minimum atomic E-state index is -0.904. The summed E-state index contributed by atoms with van der Waals surface area (Å²) in [5, 5.41) is 3.28. The van der Waals surface area contributed by atoms with Crippen LogP contribution in [0.1, 0.15) is 27.4 Å². The van der Waals surface area contributed by atoms with Crippen molar-refractivity contribution in [3.8, 4) is 0 Å². The van der Waals surface area contributed by atoms with Crippen molar-refractivity contribution in [3.05, 3.63) is 64.7 Å². The molecule has 0 spiro atoms. The van der Waals surface area contributed by atoms with Gasteiger partial charge in [-0.15, -0.1) is 23.5 Å². The Hall–Kier alpha value is -1.63. The third-order valence-corrected chi connectivity index (χ3v) is 7.16. The predicted octanol–water partition coefficient (Wildman–Crippen LogP) is 5.00. The first-order chi connectivity index (χ1) is 12.5. The van der Waals surface area contributed by atoms with Gasteiger partial charge in [-0.1, -0.05) is 23.7 Å². The van der Waals surface area contributed by atoms with E-state index in [-0.39, 0.29) is 0 Å². The second kappa shape index (κ2) is 8.84. The van der Waals surface area contributed by atoms with Crippen LogP contribution in [0.25, 0.3) is 0 Å². The van der Waals surface area contributed by atoms with Crippen molar-refractivity contribution in [2.75, 3.05) is 16.8 Å². The van der Waals surface area contributed by atoms with E-state index in [0.29, 0.717) is 20.9 Å². The zero-order chi connectivity index (χ0) is 18.5. The molecule has 26 heavy (non-hydrogen) atoms. The molecule has 136 valence electrons. The van der Waals surface area contributed by atoms with Gasteiger partial charge in [-0.2, -0.15) is 0 Å². The van der Waals surface area contributed by atoms with Crippen LogP contribution in [0.4, 0.5) is 5.69 Å². The highest BCUT2D eigenvalue weighted by Gasteiger charge is 2.21. The number of anilines is 1. The van der Waals surface area contributed by atoms with E-state index in [2.05, 4.69) is 5.32 Å². The van der Waals surface area contributed by atoms with E-state index in [1.54, 1.807) is 43.3 Å². The molecular formula is C19H18ClNO3S2. The van der Waals surface area contributed by atoms with Crippen LogP contribution in [0.2, 0.25) is 5.02 Å². The number of hydrogen-bond acceptors (Lipinski definition) is 5. The number of carbonyl (C=O) groups is 2. The highest BCUT2D eigenvalue weighted by molar-refractivity contribution is 8.19. The molecule has 1 saturated heterocycles.